The smallest absolute Gasteiger partial charge is 0.223 e. The third kappa shape index (κ3) is 4.58. The van der Waals surface area contributed by atoms with Gasteiger partial charge in [-0.05, 0) is 13.3 Å². The van der Waals surface area contributed by atoms with E-state index < -0.39 is 0 Å². The molecule has 0 aliphatic heterocycles. The summed E-state index contributed by atoms with van der Waals surface area (Å²) >= 11 is 0. The van der Waals surface area contributed by atoms with Gasteiger partial charge in [-0.25, -0.2) is 0 Å². The largest absolute Gasteiger partial charge is 0.488 e. The van der Waals surface area contributed by atoms with E-state index in [-0.39, 0.29) is 11.5 Å². The topological polar surface area (TPSA) is 77.3 Å². The quantitative estimate of drug-likeness (QED) is 0.746. The van der Waals surface area contributed by atoms with Crippen molar-refractivity contribution in [3.05, 3.63) is 28.2 Å². The van der Waals surface area contributed by atoms with Crippen LogP contribution in [0.2, 0.25) is 0 Å². The second-order valence-electron chi connectivity index (χ2n) is 3.89. The lowest BCUT2D eigenvalue weighted by atomic mass is 10.3. The molecule has 0 radical (unpaired) electrons. The summed E-state index contributed by atoms with van der Waals surface area (Å²) in [4.78, 5) is 14.6. The number of hydrogen-bond acceptors (Lipinski definition) is 4. The molecule has 0 amide bonds. The van der Waals surface area contributed by atoms with E-state index in [1.54, 1.807) is 6.20 Å². The first-order valence-electron chi connectivity index (χ1n) is 5.83. The van der Waals surface area contributed by atoms with Crippen LogP contribution in [0.5, 0.6) is 5.75 Å². The molecule has 0 aliphatic rings. The molecule has 0 aliphatic carbocycles. The van der Waals surface area contributed by atoms with Crippen molar-refractivity contribution in [1.29, 1.82) is 0 Å². The Labute approximate surface area is 101 Å². The summed E-state index contributed by atoms with van der Waals surface area (Å²) in [7, 11) is 0. The van der Waals surface area contributed by atoms with E-state index in [2.05, 4.69) is 4.98 Å². The van der Waals surface area contributed by atoms with Crippen LogP contribution in [-0.2, 0) is 11.3 Å². The lowest BCUT2D eigenvalue weighted by molar-refractivity contribution is 0.0568. The Morgan fingerprint density at radius 2 is 2.29 bits per heavy atom. The normalized spacial score (nSPS) is 12.4. The summed E-state index contributed by atoms with van der Waals surface area (Å²) in [6.45, 7) is 5.23. The van der Waals surface area contributed by atoms with Gasteiger partial charge in [0.05, 0.1) is 19.3 Å². The zero-order chi connectivity index (χ0) is 12.7. The molecule has 0 saturated carbocycles. The van der Waals surface area contributed by atoms with Crippen molar-refractivity contribution in [1.82, 2.24) is 4.98 Å². The fourth-order valence-corrected chi connectivity index (χ4v) is 1.21. The number of ether oxygens (including phenoxy) is 2. The number of nitrogens with two attached hydrogens (primary N) is 1. The van der Waals surface area contributed by atoms with E-state index >= 15 is 0 Å². The van der Waals surface area contributed by atoms with Gasteiger partial charge in [0.1, 0.15) is 0 Å². The lowest BCUT2D eigenvalue weighted by Gasteiger charge is -2.10. The first kappa shape index (κ1) is 13.7. The summed E-state index contributed by atoms with van der Waals surface area (Å²) in [5, 5.41) is 0. The number of H-pyrrole nitrogens is 1. The van der Waals surface area contributed by atoms with Crippen molar-refractivity contribution < 1.29 is 9.47 Å². The van der Waals surface area contributed by atoms with E-state index in [0.717, 1.165) is 12.1 Å². The van der Waals surface area contributed by atoms with Gasteiger partial charge in [0, 0.05) is 24.5 Å². The van der Waals surface area contributed by atoms with Crippen molar-refractivity contribution >= 4 is 0 Å². The molecule has 1 atom stereocenters. The summed E-state index contributed by atoms with van der Waals surface area (Å²) in [5.41, 5.74) is 6.02. The number of nitrogens with one attached hydrogen (secondary N) is 1. The van der Waals surface area contributed by atoms with Gasteiger partial charge in [0.2, 0.25) is 5.43 Å². The van der Waals surface area contributed by atoms with Crippen molar-refractivity contribution in [2.45, 2.75) is 33.0 Å². The van der Waals surface area contributed by atoms with Crippen molar-refractivity contribution in [2.24, 2.45) is 5.73 Å². The van der Waals surface area contributed by atoms with Crippen LogP contribution in [0, 0.1) is 0 Å². The average Bonchev–Trinajstić information content (AvgIpc) is 2.34. The van der Waals surface area contributed by atoms with E-state index in [9.17, 15) is 4.79 Å². The van der Waals surface area contributed by atoms with Crippen LogP contribution in [0.15, 0.2) is 17.1 Å². The predicted molar refractivity (Wildman–Crippen MR) is 66.2 cm³/mol. The standard InChI is InChI=1S/C12H20N2O3/c1-3-4-16-12-7-14-10(5-11(12)15)8-17-9(2)6-13/h5,7,9H,3-4,6,8,13H2,1-2H3,(H,14,15). The third-order valence-electron chi connectivity index (χ3n) is 2.25. The Balaban J connectivity index is 2.59. The Kier molecular flexibility index (Phi) is 5.72. The number of rotatable bonds is 7. The maximum atomic E-state index is 11.6. The van der Waals surface area contributed by atoms with Crippen LogP contribution in [-0.4, -0.2) is 24.2 Å². The Morgan fingerprint density at radius 3 is 2.88 bits per heavy atom. The van der Waals surface area contributed by atoms with Crippen LogP contribution in [0.4, 0.5) is 0 Å². The van der Waals surface area contributed by atoms with Crippen LogP contribution >= 0.6 is 0 Å². The lowest BCUT2D eigenvalue weighted by Crippen LogP contribution is -2.20. The summed E-state index contributed by atoms with van der Waals surface area (Å²) in [5.74, 6) is 0.350. The minimum absolute atomic E-state index is 0.0190. The molecule has 1 aromatic heterocycles. The number of aromatic nitrogens is 1. The second-order valence-corrected chi connectivity index (χ2v) is 3.89. The Hall–Kier alpha value is -1.33. The number of pyridine rings is 1. The summed E-state index contributed by atoms with van der Waals surface area (Å²) in [6.07, 6.45) is 2.43. The van der Waals surface area contributed by atoms with Gasteiger partial charge in [-0.2, -0.15) is 0 Å². The monoisotopic (exact) mass is 240 g/mol. The number of aromatic amines is 1. The molecular formula is C12H20N2O3. The molecule has 3 N–H and O–H groups in total. The molecule has 1 rings (SSSR count). The van der Waals surface area contributed by atoms with Crippen LogP contribution in [0.25, 0.3) is 0 Å². The summed E-state index contributed by atoms with van der Waals surface area (Å²) in [6, 6.07) is 1.49. The SMILES string of the molecule is CCCOc1c[nH]c(COC(C)CN)cc1=O. The van der Waals surface area contributed by atoms with Gasteiger partial charge < -0.3 is 20.2 Å². The van der Waals surface area contributed by atoms with Gasteiger partial charge in [0.25, 0.3) is 0 Å². The third-order valence-corrected chi connectivity index (χ3v) is 2.25. The van der Waals surface area contributed by atoms with Crippen molar-refractivity contribution in [3.63, 3.8) is 0 Å². The minimum atomic E-state index is -0.129. The van der Waals surface area contributed by atoms with Gasteiger partial charge >= 0.3 is 0 Å². The van der Waals surface area contributed by atoms with Gasteiger partial charge in [-0.15, -0.1) is 0 Å². The molecule has 96 valence electrons. The molecule has 0 saturated heterocycles. The zero-order valence-electron chi connectivity index (χ0n) is 10.4. The molecule has 1 unspecified atom stereocenters. The molecule has 5 heteroatoms. The fourth-order valence-electron chi connectivity index (χ4n) is 1.21. The number of hydrogen-bond donors (Lipinski definition) is 2. The molecule has 0 spiro atoms. The molecule has 1 aromatic rings. The molecule has 0 fully saturated rings. The average molecular weight is 240 g/mol. The van der Waals surface area contributed by atoms with E-state index in [1.807, 2.05) is 13.8 Å². The first-order valence-corrected chi connectivity index (χ1v) is 5.83. The van der Waals surface area contributed by atoms with E-state index in [1.165, 1.54) is 6.07 Å². The highest BCUT2D eigenvalue weighted by Crippen LogP contribution is 2.04. The van der Waals surface area contributed by atoms with Crippen molar-refractivity contribution in [2.75, 3.05) is 13.2 Å². The van der Waals surface area contributed by atoms with E-state index in [4.69, 9.17) is 15.2 Å². The maximum Gasteiger partial charge on any atom is 0.223 e. The molecule has 0 aromatic carbocycles. The molecule has 5 nitrogen and oxygen atoms in total. The predicted octanol–water partition coefficient (Wildman–Crippen LogP) is 1.03. The van der Waals surface area contributed by atoms with Crippen molar-refractivity contribution in [3.8, 4) is 5.75 Å². The minimum Gasteiger partial charge on any atom is -0.488 e. The van der Waals surface area contributed by atoms with Gasteiger partial charge in [-0.3, -0.25) is 4.79 Å². The molecule has 0 bridgehead atoms. The van der Waals surface area contributed by atoms with Crippen LogP contribution in [0.1, 0.15) is 26.0 Å². The maximum absolute atomic E-state index is 11.6. The highest BCUT2D eigenvalue weighted by atomic mass is 16.5. The first-order chi connectivity index (χ1) is 8.17. The zero-order valence-corrected chi connectivity index (χ0v) is 10.4. The Morgan fingerprint density at radius 1 is 1.53 bits per heavy atom. The summed E-state index contributed by atoms with van der Waals surface area (Å²) < 4.78 is 10.7. The molecule has 1 heterocycles. The second kappa shape index (κ2) is 7.09. The van der Waals surface area contributed by atoms with Gasteiger partial charge in [-0.1, -0.05) is 6.92 Å². The molecule has 17 heavy (non-hydrogen) atoms. The van der Waals surface area contributed by atoms with E-state index in [0.29, 0.717) is 25.5 Å². The fraction of sp³-hybridized carbons (Fsp3) is 0.583. The van der Waals surface area contributed by atoms with Gasteiger partial charge in [0.15, 0.2) is 5.75 Å². The van der Waals surface area contributed by atoms with Crippen LogP contribution < -0.4 is 15.9 Å². The Bertz CT molecular complexity index is 390. The molecular weight excluding hydrogens is 220 g/mol. The van der Waals surface area contributed by atoms with Crippen LogP contribution in [0.3, 0.4) is 0 Å². The highest BCUT2D eigenvalue weighted by molar-refractivity contribution is 5.20. The highest BCUT2D eigenvalue weighted by Gasteiger charge is 2.04.